The molecule has 44 heavy (non-hydrogen) atoms. The Morgan fingerprint density at radius 1 is 1.00 bits per heavy atom. The lowest BCUT2D eigenvalue weighted by molar-refractivity contribution is -0.0989. The Morgan fingerprint density at radius 3 is 2.73 bits per heavy atom. The van der Waals surface area contributed by atoms with Crippen LogP contribution < -0.4 is 9.64 Å². The molecule has 4 aliphatic rings. The van der Waals surface area contributed by atoms with Crippen LogP contribution in [0.15, 0.2) is 24.3 Å². The van der Waals surface area contributed by atoms with Gasteiger partial charge < -0.3 is 14.7 Å². The Morgan fingerprint density at radius 2 is 1.89 bits per heavy atom. The monoisotopic (exact) mass is 599 g/mol. The first-order valence-corrected chi connectivity index (χ1v) is 15.5. The van der Waals surface area contributed by atoms with Gasteiger partial charge in [0.1, 0.15) is 34.8 Å². The predicted molar refractivity (Wildman–Crippen MR) is 161 cm³/mol. The second-order valence-electron chi connectivity index (χ2n) is 12.6. The van der Waals surface area contributed by atoms with Gasteiger partial charge in [0.15, 0.2) is 12.0 Å². The lowest BCUT2D eigenvalue weighted by atomic mass is 9.86. The van der Waals surface area contributed by atoms with E-state index in [4.69, 9.17) is 21.1 Å². The summed E-state index contributed by atoms with van der Waals surface area (Å²) in [7, 11) is 0. The number of pyridine rings is 1. The van der Waals surface area contributed by atoms with Gasteiger partial charge in [-0.15, -0.1) is 6.42 Å². The van der Waals surface area contributed by atoms with E-state index >= 15 is 4.39 Å². The number of benzene rings is 2. The molecular weight excluding hydrogens is 567 g/mol. The SMILES string of the molecule is C#Cc1c(F)ccc2cc(O)cc(-c3nc4c5c(nc(OC6[C@@H]7CCCN6C[C@H](F)C7)nc5c3F)N3CCCC[C@@H]3CC4)c12. The van der Waals surface area contributed by atoms with E-state index in [1.54, 1.807) is 0 Å². The summed E-state index contributed by atoms with van der Waals surface area (Å²) < 4.78 is 52.8. The summed E-state index contributed by atoms with van der Waals surface area (Å²) in [5.41, 5.74) is 0.796. The number of phenols is 1. The number of hydrogen-bond acceptors (Lipinski definition) is 7. The van der Waals surface area contributed by atoms with Crippen molar-refractivity contribution in [2.75, 3.05) is 24.5 Å². The fourth-order valence-corrected chi connectivity index (χ4v) is 7.95. The molecule has 4 aliphatic heterocycles. The van der Waals surface area contributed by atoms with Crippen LogP contribution in [0.2, 0.25) is 0 Å². The lowest BCUT2D eigenvalue weighted by Crippen LogP contribution is -2.55. The largest absolute Gasteiger partial charge is 0.508 e. The van der Waals surface area contributed by atoms with Crippen LogP contribution in [0, 0.1) is 29.9 Å². The van der Waals surface area contributed by atoms with Crippen LogP contribution in [0.1, 0.15) is 56.2 Å². The van der Waals surface area contributed by atoms with Gasteiger partial charge in [0.2, 0.25) is 0 Å². The van der Waals surface area contributed by atoms with Gasteiger partial charge in [0, 0.05) is 42.5 Å². The van der Waals surface area contributed by atoms with E-state index < -0.39 is 17.8 Å². The summed E-state index contributed by atoms with van der Waals surface area (Å²) in [6.07, 6.45) is 11.1. The number of hydrogen-bond donors (Lipinski definition) is 1. The molecule has 2 aromatic carbocycles. The molecule has 0 radical (unpaired) electrons. The van der Waals surface area contributed by atoms with Gasteiger partial charge in [0.05, 0.1) is 16.6 Å². The molecule has 0 spiro atoms. The van der Waals surface area contributed by atoms with E-state index in [-0.39, 0.29) is 52.3 Å². The highest BCUT2D eigenvalue weighted by atomic mass is 19.1. The fourth-order valence-electron chi connectivity index (χ4n) is 7.95. The van der Waals surface area contributed by atoms with E-state index in [1.807, 2.05) is 4.90 Å². The minimum absolute atomic E-state index is 0.00202. The summed E-state index contributed by atoms with van der Waals surface area (Å²) >= 11 is 0. The molecule has 6 heterocycles. The molecule has 5 atom stereocenters. The molecule has 0 aliphatic carbocycles. The molecule has 4 aromatic rings. The zero-order valence-corrected chi connectivity index (χ0v) is 24.2. The number of piperidine rings is 3. The number of ether oxygens (including phenoxy) is 1. The number of alkyl halides is 1. The number of terminal acetylenes is 1. The molecular formula is C34H32F3N5O2. The van der Waals surface area contributed by atoms with Crippen LogP contribution in [0.3, 0.4) is 0 Å². The molecule has 3 fully saturated rings. The number of fused-ring (bicyclic) bond motifs is 5. The quantitative estimate of drug-likeness (QED) is 0.278. The average Bonchev–Trinajstić information content (AvgIpc) is 3.16. The Balaban J connectivity index is 1.36. The fraction of sp³-hybridized carbons (Fsp3) is 0.441. The molecule has 8 rings (SSSR count). The molecule has 0 saturated carbocycles. The van der Waals surface area contributed by atoms with Gasteiger partial charge in [-0.25, -0.2) is 18.2 Å². The Hall–Kier alpha value is -4.10. The highest BCUT2D eigenvalue weighted by Crippen LogP contribution is 2.43. The van der Waals surface area contributed by atoms with Crippen molar-refractivity contribution >= 4 is 27.5 Å². The first-order valence-electron chi connectivity index (χ1n) is 15.5. The third kappa shape index (κ3) is 4.35. The van der Waals surface area contributed by atoms with E-state index in [0.29, 0.717) is 47.1 Å². The summed E-state index contributed by atoms with van der Waals surface area (Å²) in [5.74, 6) is 1.55. The molecule has 3 saturated heterocycles. The minimum Gasteiger partial charge on any atom is -0.508 e. The van der Waals surface area contributed by atoms with Crippen LogP contribution >= 0.6 is 0 Å². The second kappa shape index (κ2) is 10.5. The van der Waals surface area contributed by atoms with Gasteiger partial charge in [-0.2, -0.15) is 9.97 Å². The standard InChI is InChI=1S/C34H32F3N5O2/c1-2-23-25(36)10-8-18-15-22(43)16-24(27(18)23)30-29(37)31-28-26(38-30)11-9-21-7-3-4-13-42(21)32(28)40-34(39-31)44-33-19-6-5-12-41(33)17-20(35)14-19/h1,8,10,15-16,19-21,33,43H,3-7,9,11-14,17H2/t19-,20-,21-,33?/m1/s1. The number of nitrogens with zero attached hydrogens (tertiary/aromatic N) is 5. The smallest absolute Gasteiger partial charge is 0.320 e. The maximum absolute atomic E-state index is 17.0. The summed E-state index contributed by atoms with van der Waals surface area (Å²) in [4.78, 5) is 18.7. The van der Waals surface area contributed by atoms with E-state index in [2.05, 4.69) is 15.8 Å². The molecule has 10 heteroatoms. The van der Waals surface area contributed by atoms with Crippen molar-refractivity contribution in [2.45, 2.75) is 69.8 Å². The number of halogens is 3. The zero-order valence-electron chi connectivity index (χ0n) is 24.2. The van der Waals surface area contributed by atoms with Crippen LogP contribution in [0.4, 0.5) is 19.0 Å². The molecule has 1 N–H and O–H groups in total. The Labute approximate surface area is 253 Å². The number of aromatic nitrogens is 3. The minimum atomic E-state index is -0.903. The van der Waals surface area contributed by atoms with Crippen molar-refractivity contribution < 1.29 is 23.0 Å². The summed E-state index contributed by atoms with van der Waals surface area (Å²) in [5, 5.41) is 11.9. The van der Waals surface area contributed by atoms with Crippen molar-refractivity contribution in [3.8, 4) is 35.4 Å². The molecule has 0 amide bonds. The Kier molecular flexibility index (Phi) is 6.56. The number of aryl methyl sites for hydroxylation is 1. The number of rotatable bonds is 3. The first-order chi connectivity index (χ1) is 21.4. The Bertz CT molecular complexity index is 1850. The van der Waals surface area contributed by atoms with Gasteiger partial charge in [-0.05, 0) is 75.0 Å². The van der Waals surface area contributed by atoms with Crippen molar-refractivity contribution in [3.05, 3.63) is 47.2 Å². The topological polar surface area (TPSA) is 74.6 Å². The van der Waals surface area contributed by atoms with Crippen molar-refractivity contribution in [3.63, 3.8) is 0 Å². The van der Waals surface area contributed by atoms with E-state index in [0.717, 1.165) is 51.6 Å². The first kappa shape index (κ1) is 27.4. The molecule has 7 nitrogen and oxygen atoms in total. The third-order valence-electron chi connectivity index (χ3n) is 9.89. The van der Waals surface area contributed by atoms with Crippen LogP contribution in [0.5, 0.6) is 11.8 Å². The van der Waals surface area contributed by atoms with Gasteiger partial charge in [0.25, 0.3) is 0 Å². The second-order valence-corrected chi connectivity index (χ2v) is 12.6. The van der Waals surface area contributed by atoms with E-state index in [9.17, 15) is 13.9 Å². The molecule has 226 valence electrons. The van der Waals surface area contributed by atoms with Gasteiger partial charge in [-0.3, -0.25) is 4.90 Å². The van der Waals surface area contributed by atoms with Crippen LogP contribution in [-0.2, 0) is 6.42 Å². The third-order valence-corrected chi connectivity index (χ3v) is 9.89. The number of anilines is 1. The van der Waals surface area contributed by atoms with Crippen molar-refractivity contribution in [1.29, 1.82) is 0 Å². The van der Waals surface area contributed by atoms with Crippen LogP contribution in [-0.4, -0.2) is 63.0 Å². The molecule has 2 unspecified atom stereocenters. The normalized spacial score (nSPS) is 26.2. The van der Waals surface area contributed by atoms with E-state index in [1.165, 1.54) is 24.3 Å². The van der Waals surface area contributed by atoms with Gasteiger partial charge in [-0.1, -0.05) is 12.0 Å². The maximum atomic E-state index is 17.0. The highest BCUT2D eigenvalue weighted by molar-refractivity contribution is 6.03. The van der Waals surface area contributed by atoms with Crippen molar-refractivity contribution in [1.82, 2.24) is 19.9 Å². The lowest BCUT2D eigenvalue weighted by Gasteiger charge is -2.45. The summed E-state index contributed by atoms with van der Waals surface area (Å²) in [6.45, 7) is 1.80. The number of phenolic OH excluding ortho intramolecular Hbond substituents is 1. The molecule has 2 aromatic heterocycles. The van der Waals surface area contributed by atoms with Gasteiger partial charge >= 0.3 is 6.01 Å². The van der Waals surface area contributed by atoms with Crippen LogP contribution in [0.25, 0.3) is 32.9 Å². The average molecular weight is 600 g/mol. The summed E-state index contributed by atoms with van der Waals surface area (Å²) in [6, 6.07) is 5.84. The number of aromatic hydroxyl groups is 1. The van der Waals surface area contributed by atoms with Crippen molar-refractivity contribution in [2.24, 2.45) is 5.92 Å². The zero-order chi connectivity index (χ0) is 30.1. The molecule has 2 bridgehead atoms. The maximum Gasteiger partial charge on any atom is 0.320 e. The highest BCUT2D eigenvalue weighted by Gasteiger charge is 2.41. The predicted octanol–water partition coefficient (Wildman–Crippen LogP) is 6.27.